The van der Waals surface area contributed by atoms with E-state index in [0.29, 0.717) is 17.2 Å². The standard InChI is InChI=1S/C22H19ClF2N2O4/c1-27(12-16-17(23)3-2-4-18(16)25)21(28)13-30-22(29)10-9-20-26-11-19(31-20)14-5-7-15(24)8-6-14/h2-8,11H,9-10,12-13H2,1H3. The van der Waals surface area contributed by atoms with Crippen molar-refractivity contribution in [2.45, 2.75) is 19.4 Å². The van der Waals surface area contributed by atoms with E-state index >= 15 is 0 Å². The van der Waals surface area contributed by atoms with Crippen molar-refractivity contribution in [3.63, 3.8) is 0 Å². The lowest BCUT2D eigenvalue weighted by Crippen LogP contribution is -2.31. The molecule has 1 amide bonds. The van der Waals surface area contributed by atoms with Gasteiger partial charge in [-0.15, -0.1) is 0 Å². The Morgan fingerprint density at radius 1 is 1.16 bits per heavy atom. The number of aromatic nitrogens is 1. The fraction of sp³-hybridized carbons (Fsp3) is 0.227. The molecule has 0 aliphatic heterocycles. The van der Waals surface area contributed by atoms with Crippen molar-refractivity contribution in [3.8, 4) is 11.3 Å². The summed E-state index contributed by atoms with van der Waals surface area (Å²) in [4.78, 5) is 29.4. The van der Waals surface area contributed by atoms with Gasteiger partial charge in [0.25, 0.3) is 5.91 Å². The molecule has 1 heterocycles. The Labute approximate surface area is 182 Å². The molecule has 1 aromatic heterocycles. The van der Waals surface area contributed by atoms with Gasteiger partial charge in [0.15, 0.2) is 18.3 Å². The van der Waals surface area contributed by atoms with Crippen LogP contribution in [0.4, 0.5) is 8.78 Å². The Morgan fingerprint density at radius 3 is 2.61 bits per heavy atom. The van der Waals surface area contributed by atoms with E-state index in [1.54, 1.807) is 12.1 Å². The van der Waals surface area contributed by atoms with E-state index in [9.17, 15) is 18.4 Å². The first-order chi connectivity index (χ1) is 14.8. The van der Waals surface area contributed by atoms with Gasteiger partial charge in [0.2, 0.25) is 0 Å². The molecule has 162 valence electrons. The van der Waals surface area contributed by atoms with Crippen molar-refractivity contribution >= 4 is 23.5 Å². The molecule has 0 radical (unpaired) electrons. The number of hydrogen-bond donors (Lipinski definition) is 0. The molecule has 0 saturated heterocycles. The Balaban J connectivity index is 1.45. The summed E-state index contributed by atoms with van der Waals surface area (Å²) in [5.41, 5.74) is 0.846. The van der Waals surface area contributed by atoms with Gasteiger partial charge < -0.3 is 14.1 Å². The second kappa shape index (κ2) is 10.2. The number of nitrogens with zero attached hydrogens (tertiary/aromatic N) is 2. The van der Waals surface area contributed by atoms with Crippen LogP contribution in [0.5, 0.6) is 0 Å². The summed E-state index contributed by atoms with van der Waals surface area (Å²) >= 11 is 5.96. The van der Waals surface area contributed by atoms with E-state index in [1.165, 1.54) is 48.5 Å². The fourth-order valence-electron chi connectivity index (χ4n) is 2.72. The number of aryl methyl sites for hydroxylation is 1. The highest BCUT2D eigenvalue weighted by Gasteiger charge is 2.17. The summed E-state index contributed by atoms with van der Waals surface area (Å²) in [6.07, 6.45) is 1.62. The lowest BCUT2D eigenvalue weighted by atomic mass is 10.2. The molecule has 9 heteroatoms. The van der Waals surface area contributed by atoms with Crippen LogP contribution in [-0.4, -0.2) is 35.4 Å². The molecule has 0 aliphatic rings. The number of carbonyl (C=O) groups is 2. The van der Waals surface area contributed by atoms with E-state index in [4.69, 9.17) is 20.8 Å². The van der Waals surface area contributed by atoms with Gasteiger partial charge in [0.1, 0.15) is 11.6 Å². The molecule has 0 saturated carbocycles. The molecule has 0 N–H and O–H groups in total. The van der Waals surface area contributed by atoms with Crippen molar-refractivity contribution in [1.82, 2.24) is 9.88 Å². The number of rotatable bonds is 8. The summed E-state index contributed by atoms with van der Waals surface area (Å²) < 4.78 is 37.4. The maximum absolute atomic E-state index is 13.8. The normalized spacial score (nSPS) is 10.7. The van der Waals surface area contributed by atoms with Crippen molar-refractivity contribution < 1.29 is 27.5 Å². The highest BCUT2D eigenvalue weighted by Crippen LogP contribution is 2.22. The van der Waals surface area contributed by atoms with Gasteiger partial charge in [0, 0.05) is 36.2 Å². The first-order valence-corrected chi connectivity index (χ1v) is 9.74. The van der Waals surface area contributed by atoms with Crippen LogP contribution in [0.2, 0.25) is 5.02 Å². The SMILES string of the molecule is CN(Cc1c(F)cccc1Cl)C(=O)COC(=O)CCc1ncc(-c2ccc(F)cc2)o1. The topological polar surface area (TPSA) is 72.6 Å². The molecule has 3 aromatic rings. The maximum Gasteiger partial charge on any atom is 0.306 e. The second-order valence-electron chi connectivity index (χ2n) is 6.74. The highest BCUT2D eigenvalue weighted by molar-refractivity contribution is 6.31. The zero-order valence-electron chi connectivity index (χ0n) is 16.6. The van der Waals surface area contributed by atoms with E-state index in [-0.39, 0.29) is 35.8 Å². The predicted molar refractivity (Wildman–Crippen MR) is 109 cm³/mol. The molecule has 0 aliphatic carbocycles. The minimum atomic E-state index is -0.604. The zero-order chi connectivity index (χ0) is 22.4. The fourth-order valence-corrected chi connectivity index (χ4v) is 2.94. The van der Waals surface area contributed by atoms with Crippen molar-refractivity contribution in [2.24, 2.45) is 0 Å². The quantitative estimate of drug-likeness (QED) is 0.477. The lowest BCUT2D eigenvalue weighted by Gasteiger charge is -2.18. The average molecular weight is 449 g/mol. The second-order valence-corrected chi connectivity index (χ2v) is 7.14. The molecule has 0 atom stereocenters. The van der Waals surface area contributed by atoms with Crippen LogP contribution < -0.4 is 0 Å². The molecule has 6 nitrogen and oxygen atoms in total. The zero-order valence-corrected chi connectivity index (χ0v) is 17.4. The van der Waals surface area contributed by atoms with Crippen molar-refractivity contribution in [2.75, 3.05) is 13.7 Å². The van der Waals surface area contributed by atoms with Crippen LogP contribution >= 0.6 is 11.6 Å². The Hall–Kier alpha value is -3.26. The van der Waals surface area contributed by atoms with E-state index in [0.717, 1.165) is 0 Å². The molecular weight excluding hydrogens is 430 g/mol. The van der Waals surface area contributed by atoms with Gasteiger partial charge in [-0.2, -0.15) is 0 Å². The van der Waals surface area contributed by atoms with E-state index < -0.39 is 24.3 Å². The Morgan fingerprint density at radius 2 is 1.90 bits per heavy atom. The largest absolute Gasteiger partial charge is 0.456 e. The molecule has 2 aromatic carbocycles. The summed E-state index contributed by atoms with van der Waals surface area (Å²) in [5, 5.41) is 0.211. The smallest absolute Gasteiger partial charge is 0.306 e. The van der Waals surface area contributed by atoms with Crippen LogP contribution in [-0.2, 0) is 27.3 Å². The summed E-state index contributed by atoms with van der Waals surface area (Å²) in [7, 11) is 1.46. The monoisotopic (exact) mass is 448 g/mol. The number of halogens is 3. The number of oxazole rings is 1. The molecule has 0 fully saturated rings. The van der Waals surface area contributed by atoms with Gasteiger partial charge in [-0.25, -0.2) is 13.8 Å². The molecule has 31 heavy (non-hydrogen) atoms. The molecule has 0 bridgehead atoms. The Bertz CT molecular complexity index is 1050. The van der Waals surface area contributed by atoms with Gasteiger partial charge in [-0.05, 0) is 36.4 Å². The van der Waals surface area contributed by atoms with Gasteiger partial charge in [-0.1, -0.05) is 17.7 Å². The number of esters is 1. The summed E-state index contributed by atoms with van der Waals surface area (Å²) in [6, 6.07) is 9.99. The van der Waals surface area contributed by atoms with E-state index in [2.05, 4.69) is 4.98 Å². The maximum atomic E-state index is 13.8. The number of amides is 1. The number of carbonyl (C=O) groups excluding carboxylic acids is 2. The number of benzene rings is 2. The Kier molecular flexibility index (Phi) is 7.36. The summed E-state index contributed by atoms with van der Waals surface area (Å²) in [5.74, 6) is -1.21. The van der Waals surface area contributed by atoms with Crippen LogP contribution in [0, 0.1) is 11.6 Å². The highest BCUT2D eigenvalue weighted by atomic mass is 35.5. The number of likely N-dealkylation sites (N-methyl/N-ethyl adjacent to an activating group) is 1. The number of hydrogen-bond acceptors (Lipinski definition) is 5. The third kappa shape index (κ3) is 6.11. The minimum Gasteiger partial charge on any atom is -0.456 e. The van der Waals surface area contributed by atoms with Crippen molar-refractivity contribution in [1.29, 1.82) is 0 Å². The third-order valence-electron chi connectivity index (χ3n) is 4.46. The third-order valence-corrected chi connectivity index (χ3v) is 4.82. The molecule has 3 rings (SSSR count). The molecule has 0 spiro atoms. The summed E-state index contributed by atoms with van der Waals surface area (Å²) in [6.45, 7) is -0.530. The van der Waals surface area contributed by atoms with Crippen LogP contribution in [0.15, 0.2) is 53.1 Å². The first kappa shape index (κ1) is 22.4. The van der Waals surface area contributed by atoms with Crippen molar-refractivity contribution in [3.05, 3.63) is 76.8 Å². The lowest BCUT2D eigenvalue weighted by molar-refractivity contribution is -0.151. The van der Waals surface area contributed by atoms with Crippen LogP contribution in [0.1, 0.15) is 17.9 Å². The van der Waals surface area contributed by atoms with Gasteiger partial charge in [-0.3, -0.25) is 9.59 Å². The first-order valence-electron chi connectivity index (χ1n) is 9.36. The predicted octanol–water partition coefficient (Wildman–Crippen LogP) is 4.41. The molecule has 0 unspecified atom stereocenters. The molecular formula is C22H19ClF2N2O4. The van der Waals surface area contributed by atoms with Crippen LogP contribution in [0.25, 0.3) is 11.3 Å². The minimum absolute atomic E-state index is 0.0422. The van der Waals surface area contributed by atoms with E-state index in [1.807, 2.05) is 0 Å². The average Bonchev–Trinajstić information content (AvgIpc) is 3.22. The number of ether oxygens (including phenoxy) is 1. The van der Waals surface area contributed by atoms with Crippen LogP contribution in [0.3, 0.4) is 0 Å². The van der Waals surface area contributed by atoms with Gasteiger partial charge >= 0.3 is 5.97 Å². The van der Waals surface area contributed by atoms with Gasteiger partial charge in [0.05, 0.1) is 12.6 Å².